The van der Waals surface area contributed by atoms with Gasteiger partial charge in [0.2, 0.25) is 11.8 Å². The van der Waals surface area contributed by atoms with Crippen LogP contribution in [0.2, 0.25) is 0 Å². The number of hydrogen-bond donors (Lipinski definition) is 4. The first-order valence-electron chi connectivity index (χ1n) is 9.63. The summed E-state index contributed by atoms with van der Waals surface area (Å²) < 4.78 is 21.5. The summed E-state index contributed by atoms with van der Waals surface area (Å²) in [4.78, 5) is 38.9. The fraction of sp³-hybridized carbons (Fsp3) is 0.737. The second-order valence-corrected chi connectivity index (χ2v) is 8.92. The highest BCUT2D eigenvalue weighted by atomic mass is 32.2. The third-order valence-corrected chi connectivity index (χ3v) is 5.05. The zero-order chi connectivity index (χ0) is 23.0. The highest BCUT2D eigenvalue weighted by Gasteiger charge is 2.32. The number of carbonyl (C=O) groups is 3. The summed E-state index contributed by atoms with van der Waals surface area (Å²) in [7, 11) is 1.60. The topological polar surface area (TPSA) is 142 Å². The molecule has 0 radical (unpaired) electrons. The first kappa shape index (κ1) is 27.2. The van der Waals surface area contributed by atoms with Crippen LogP contribution in [0.5, 0.6) is 0 Å². The molecule has 168 valence electrons. The summed E-state index contributed by atoms with van der Waals surface area (Å²) in [5.41, 5.74) is 6.10. The Balaban J connectivity index is 5.62. The van der Waals surface area contributed by atoms with Gasteiger partial charge in [0.15, 0.2) is 0 Å². The molecule has 0 aromatic carbocycles. The summed E-state index contributed by atoms with van der Waals surface area (Å²) >= 11 is -2.47. The van der Waals surface area contributed by atoms with E-state index in [1.165, 1.54) is 11.8 Å². The maximum atomic E-state index is 13.1. The average Bonchev–Trinajstić information content (AvgIpc) is 2.60. The van der Waals surface area contributed by atoms with E-state index in [9.17, 15) is 18.6 Å². The van der Waals surface area contributed by atoms with Crippen molar-refractivity contribution >= 4 is 29.0 Å². The van der Waals surface area contributed by atoms with E-state index in [2.05, 4.69) is 5.32 Å². The molecule has 0 fully saturated rings. The van der Waals surface area contributed by atoms with Crippen LogP contribution in [0.1, 0.15) is 48.5 Å². The molecule has 0 saturated heterocycles. The quantitative estimate of drug-likeness (QED) is 0.297. The summed E-state index contributed by atoms with van der Waals surface area (Å²) in [6.07, 6.45) is 1.57. The number of amides is 3. The molecule has 4 atom stereocenters. The molecule has 10 heteroatoms. The summed E-state index contributed by atoms with van der Waals surface area (Å²) in [6, 6.07) is -1.95. The van der Waals surface area contributed by atoms with Crippen LogP contribution in [0, 0.1) is 17.8 Å². The standard InChI is InChI=1S/C19H36N4O5S/c1-10(2)14(9-13(7)17(24)22-29(27)28)23(8)19(26)16(12(5)6)21-18(25)15(20)11(3)4/h9-12,14-16H,20H2,1-8H3,(H,21,25)(H,22,24)(H,27,28)/b13-9+. The Hall–Kier alpha value is -1.78. The average molecular weight is 433 g/mol. The van der Waals surface area contributed by atoms with Crippen LogP contribution < -0.4 is 15.8 Å². The zero-order valence-corrected chi connectivity index (χ0v) is 19.4. The van der Waals surface area contributed by atoms with Crippen molar-refractivity contribution in [2.45, 2.75) is 66.6 Å². The Kier molecular flexibility index (Phi) is 11.3. The molecule has 9 nitrogen and oxygen atoms in total. The lowest BCUT2D eigenvalue weighted by molar-refractivity contribution is -0.138. The van der Waals surface area contributed by atoms with Crippen LogP contribution in [0.25, 0.3) is 0 Å². The third-order valence-electron chi connectivity index (χ3n) is 4.69. The highest BCUT2D eigenvalue weighted by Crippen LogP contribution is 2.17. The summed E-state index contributed by atoms with van der Waals surface area (Å²) in [5, 5.41) is 2.75. The fourth-order valence-electron chi connectivity index (χ4n) is 2.68. The number of nitrogens with one attached hydrogen (secondary N) is 2. The van der Waals surface area contributed by atoms with Crippen molar-refractivity contribution in [1.29, 1.82) is 0 Å². The number of carbonyl (C=O) groups excluding carboxylic acids is 3. The summed E-state index contributed by atoms with van der Waals surface area (Å²) in [5.74, 6) is -1.69. The fourth-order valence-corrected chi connectivity index (χ4v) is 2.99. The smallest absolute Gasteiger partial charge is 0.261 e. The molecule has 3 amide bonds. The normalized spacial score (nSPS) is 16.4. The largest absolute Gasteiger partial charge is 0.343 e. The van der Waals surface area contributed by atoms with Crippen molar-refractivity contribution in [3.05, 3.63) is 11.6 Å². The van der Waals surface area contributed by atoms with Gasteiger partial charge in [-0.1, -0.05) is 47.6 Å². The van der Waals surface area contributed by atoms with E-state index in [-0.39, 0.29) is 29.2 Å². The molecule has 0 aromatic rings. The maximum Gasteiger partial charge on any atom is 0.261 e. The number of nitrogens with two attached hydrogens (primary N) is 1. The van der Waals surface area contributed by atoms with Crippen LogP contribution in [0.15, 0.2) is 11.6 Å². The lowest BCUT2D eigenvalue weighted by Gasteiger charge is -2.34. The Labute approximate surface area is 176 Å². The SMILES string of the molecule is C/C(=C\C(C(C)C)N(C)C(=O)C(NC(=O)C(N)C(C)C)C(C)C)C(=O)NS(=O)O. The minimum absolute atomic E-state index is 0.0484. The Bertz CT molecular complexity index is 649. The predicted octanol–water partition coefficient (Wildman–Crippen LogP) is 0.793. The van der Waals surface area contributed by atoms with Crippen molar-refractivity contribution in [3.63, 3.8) is 0 Å². The van der Waals surface area contributed by atoms with E-state index in [1.54, 1.807) is 13.1 Å². The Morgan fingerprint density at radius 2 is 1.55 bits per heavy atom. The number of hydrogen-bond acceptors (Lipinski definition) is 5. The van der Waals surface area contributed by atoms with E-state index in [0.717, 1.165) is 0 Å². The van der Waals surface area contributed by atoms with Crippen molar-refractivity contribution in [3.8, 4) is 0 Å². The van der Waals surface area contributed by atoms with Crippen molar-refractivity contribution in [2.24, 2.45) is 23.5 Å². The van der Waals surface area contributed by atoms with Gasteiger partial charge in [-0.3, -0.25) is 18.9 Å². The molecule has 0 saturated carbocycles. The van der Waals surface area contributed by atoms with Crippen LogP contribution >= 0.6 is 0 Å². The van der Waals surface area contributed by atoms with Gasteiger partial charge in [0, 0.05) is 12.6 Å². The molecule has 0 heterocycles. The molecule has 5 N–H and O–H groups in total. The van der Waals surface area contributed by atoms with E-state index in [0.29, 0.717) is 0 Å². The van der Waals surface area contributed by atoms with Gasteiger partial charge in [-0.15, -0.1) is 0 Å². The molecule has 0 aliphatic rings. The molecule has 0 rings (SSSR count). The molecule has 0 aliphatic heterocycles. The molecule has 0 bridgehead atoms. The maximum absolute atomic E-state index is 13.1. The monoisotopic (exact) mass is 432 g/mol. The van der Waals surface area contributed by atoms with Gasteiger partial charge in [0.25, 0.3) is 17.2 Å². The second kappa shape index (κ2) is 12.0. The predicted molar refractivity (Wildman–Crippen MR) is 114 cm³/mol. The molecule has 0 aliphatic carbocycles. The molecule has 0 aromatic heterocycles. The molecule has 4 unspecified atom stereocenters. The second-order valence-electron chi connectivity index (χ2n) is 8.21. The summed E-state index contributed by atoms with van der Waals surface area (Å²) in [6.45, 7) is 12.6. The van der Waals surface area contributed by atoms with Crippen molar-refractivity contribution in [2.75, 3.05) is 7.05 Å². The first-order chi connectivity index (χ1) is 13.2. The molecular weight excluding hydrogens is 396 g/mol. The van der Waals surface area contributed by atoms with Crippen LogP contribution in [-0.4, -0.2) is 56.6 Å². The van der Waals surface area contributed by atoms with Crippen LogP contribution in [0.4, 0.5) is 0 Å². The Morgan fingerprint density at radius 3 is 1.93 bits per heavy atom. The van der Waals surface area contributed by atoms with Gasteiger partial charge in [-0.2, -0.15) is 0 Å². The number of likely N-dealkylation sites (N-methyl/N-ethyl adjacent to an activating group) is 1. The Morgan fingerprint density at radius 1 is 1.03 bits per heavy atom. The first-order valence-corrected chi connectivity index (χ1v) is 10.7. The van der Waals surface area contributed by atoms with Crippen LogP contribution in [-0.2, 0) is 25.7 Å². The van der Waals surface area contributed by atoms with Gasteiger partial charge in [0.1, 0.15) is 6.04 Å². The van der Waals surface area contributed by atoms with Gasteiger partial charge >= 0.3 is 0 Å². The lowest BCUT2D eigenvalue weighted by atomic mass is 9.96. The van der Waals surface area contributed by atoms with Gasteiger partial charge in [0.05, 0.1) is 12.1 Å². The third kappa shape index (κ3) is 8.63. The van der Waals surface area contributed by atoms with E-state index in [1.807, 2.05) is 46.3 Å². The van der Waals surface area contributed by atoms with Gasteiger partial charge in [-0.25, -0.2) is 8.93 Å². The molecule has 29 heavy (non-hydrogen) atoms. The van der Waals surface area contributed by atoms with Gasteiger partial charge < -0.3 is 16.0 Å². The van der Waals surface area contributed by atoms with E-state index >= 15 is 0 Å². The zero-order valence-electron chi connectivity index (χ0n) is 18.6. The molecule has 0 spiro atoms. The van der Waals surface area contributed by atoms with Crippen molar-refractivity contribution in [1.82, 2.24) is 14.9 Å². The highest BCUT2D eigenvalue weighted by molar-refractivity contribution is 7.77. The number of rotatable bonds is 10. The lowest BCUT2D eigenvalue weighted by Crippen LogP contribution is -2.56. The minimum Gasteiger partial charge on any atom is -0.343 e. The van der Waals surface area contributed by atoms with Gasteiger partial charge in [-0.05, 0) is 24.7 Å². The number of nitrogens with zero attached hydrogens (tertiary/aromatic N) is 1. The van der Waals surface area contributed by atoms with E-state index in [4.69, 9.17) is 10.3 Å². The molecular formula is C19H36N4O5S. The van der Waals surface area contributed by atoms with Crippen LogP contribution in [0.3, 0.4) is 0 Å². The van der Waals surface area contributed by atoms with E-state index < -0.39 is 41.2 Å². The van der Waals surface area contributed by atoms with Crippen molar-refractivity contribution < 1.29 is 23.1 Å². The minimum atomic E-state index is -2.47.